The van der Waals surface area contributed by atoms with Crippen LogP contribution in [0.1, 0.15) is 31.9 Å². The Morgan fingerprint density at radius 2 is 1.69 bits per heavy atom. The van der Waals surface area contributed by atoms with Crippen LogP contribution in [0.25, 0.3) is 16.8 Å². The standard InChI is InChI=1S/C28H26N2O2/c1-5-30-23(28(2,3)22-16-15-18-11-9-10-14-20(18)24(22)30)17-21-26(31)25(27(21)32)29(4)19-12-7-6-8-13-19/h6-17H,5H2,1-4H3. The number of likely N-dealkylation sites (N-methyl/N-ethyl adjacent to an activating group) is 1. The van der Waals surface area contributed by atoms with Crippen molar-refractivity contribution in [3.05, 3.63) is 99.1 Å². The average Bonchev–Trinajstić information content (AvgIpc) is 3.04. The lowest BCUT2D eigenvalue weighted by molar-refractivity contribution is -0.272. The van der Waals surface area contributed by atoms with Gasteiger partial charge in [-0.3, -0.25) is 4.79 Å². The van der Waals surface area contributed by atoms with Gasteiger partial charge in [0.1, 0.15) is 7.05 Å². The fourth-order valence-corrected chi connectivity index (χ4v) is 4.98. The number of fused-ring (bicyclic) bond motifs is 3. The Morgan fingerprint density at radius 1 is 1.00 bits per heavy atom. The molecular formula is C28H26N2O2. The first-order valence-electron chi connectivity index (χ1n) is 11.0. The maximum absolute atomic E-state index is 13.1. The molecule has 160 valence electrons. The Labute approximate surface area is 187 Å². The van der Waals surface area contributed by atoms with Crippen LogP contribution in [0.3, 0.4) is 0 Å². The van der Waals surface area contributed by atoms with Crippen LogP contribution in [-0.2, 0) is 5.41 Å². The van der Waals surface area contributed by atoms with Crippen LogP contribution in [0.2, 0.25) is 0 Å². The molecule has 0 bridgehead atoms. The van der Waals surface area contributed by atoms with E-state index in [1.165, 1.54) is 22.0 Å². The zero-order chi connectivity index (χ0) is 22.6. The molecular weight excluding hydrogens is 396 g/mol. The van der Waals surface area contributed by atoms with E-state index in [1.54, 1.807) is 11.6 Å². The normalized spacial score (nSPS) is 17.2. The quantitative estimate of drug-likeness (QED) is 0.468. The van der Waals surface area contributed by atoms with Gasteiger partial charge in [-0.05, 0) is 29.7 Å². The zero-order valence-electron chi connectivity index (χ0n) is 18.8. The molecule has 0 amide bonds. The number of para-hydroxylation sites is 1. The van der Waals surface area contributed by atoms with E-state index in [0.717, 1.165) is 17.9 Å². The second-order valence-electron chi connectivity index (χ2n) is 8.90. The van der Waals surface area contributed by atoms with Crippen molar-refractivity contribution in [1.29, 1.82) is 0 Å². The molecule has 0 atom stereocenters. The first-order chi connectivity index (χ1) is 15.4. The second-order valence-corrected chi connectivity index (χ2v) is 8.90. The van der Waals surface area contributed by atoms with E-state index in [2.05, 4.69) is 56.0 Å². The van der Waals surface area contributed by atoms with Gasteiger partial charge < -0.3 is 10.0 Å². The van der Waals surface area contributed by atoms with Crippen LogP contribution in [0.5, 0.6) is 5.75 Å². The molecule has 1 aliphatic heterocycles. The number of anilines is 1. The van der Waals surface area contributed by atoms with E-state index >= 15 is 0 Å². The van der Waals surface area contributed by atoms with Crippen molar-refractivity contribution >= 4 is 28.2 Å². The van der Waals surface area contributed by atoms with Crippen molar-refractivity contribution in [2.24, 2.45) is 0 Å². The van der Waals surface area contributed by atoms with Gasteiger partial charge >= 0.3 is 0 Å². The molecule has 4 nitrogen and oxygen atoms in total. The van der Waals surface area contributed by atoms with Gasteiger partial charge in [0.05, 0.1) is 5.69 Å². The molecule has 0 N–H and O–H groups in total. The highest BCUT2D eigenvalue weighted by Crippen LogP contribution is 2.51. The summed E-state index contributed by atoms with van der Waals surface area (Å²) < 4.78 is 1.69. The van der Waals surface area contributed by atoms with Crippen LogP contribution in [-0.4, -0.2) is 13.6 Å². The third-order valence-electron chi connectivity index (χ3n) is 6.77. The fraction of sp³-hybridized carbons (Fsp3) is 0.214. The smallest absolute Gasteiger partial charge is 0.255 e. The molecule has 1 aliphatic rings. The van der Waals surface area contributed by atoms with E-state index in [0.29, 0.717) is 0 Å². The summed E-state index contributed by atoms with van der Waals surface area (Å²) in [6.45, 7) is 7.19. The summed E-state index contributed by atoms with van der Waals surface area (Å²) >= 11 is 0. The lowest BCUT2D eigenvalue weighted by Gasteiger charge is -2.27. The highest BCUT2D eigenvalue weighted by Gasteiger charge is 2.41. The number of benzene rings is 3. The predicted octanol–water partition coefficient (Wildman–Crippen LogP) is 4.04. The molecule has 32 heavy (non-hydrogen) atoms. The summed E-state index contributed by atoms with van der Waals surface area (Å²) in [6.07, 6.45) is 1.82. The van der Waals surface area contributed by atoms with Crippen LogP contribution in [0, 0.1) is 0 Å². The van der Waals surface area contributed by atoms with Crippen molar-refractivity contribution in [2.45, 2.75) is 26.2 Å². The number of nitrogens with zero attached hydrogens (tertiary/aromatic N) is 2. The number of allylic oxidation sites excluding steroid dienone is 1. The van der Waals surface area contributed by atoms with E-state index in [9.17, 15) is 9.90 Å². The van der Waals surface area contributed by atoms with Gasteiger partial charge in [-0.2, -0.15) is 4.58 Å². The molecule has 0 aliphatic carbocycles. The molecule has 4 aromatic carbocycles. The summed E-state index contributed by atoms with van der Waals surface area (Å²) in [7, 11) is 1.77. The Balaban J connectivity index is 1.69. The number of rotatable bonds is 3. The Bertz CT molecular complexity index is 1470. The molecule has 1 heterocycles. The summed E-state index contributed by atoms with van der Waals surface area (Å²) in [6, 6.07) is 22.2. The topological polar surface area (TPSA) is 46.4 Å². The van der Waals surface area contributed by atoms with E-state index in [-0.39, 0.29) is 27.5 Å². The maximum atomic E-state index is 13.1. The molecule has 0 aromatic heterocycles. The van der Waals surface area contributed by atoms with Crippen molar-refractivity contribution in [3.8, 4) is 5.75 Å². The molecule has 4 heteroatoms. The Hall–Kier alpha value is -3.66. The molecule has 4 aromatic rings. The first kappa shape index (κ1) is 20.3. The number of hydrogen-bond acceptors (Lipinski definition) is 3. The fourth-order valence-electron chi connectivity index (χ4n) is 4.98. The van der Waals surface area contributed by atoms with E-state index < -0.39 is 0 Å². The predicted molar refractivity (Wildman–Crippen MR) is 130 cm³/mol. The Kier molecular flexibility index (Phi) is 4.55. The minimum Gasteiger partial charge on any atom is -0.867 e. The largest absolute Gasteiger partial charge is 0.867 e. The molecule has 0 unspecified atom stereocenters. The monoisotopic (exact) mass is 422 g/mol. The lowest BCUT2D eigenvalue weighted by Crippen LogP contribution is -2.45. The van der Waals surface area contributed by atoms with E-state index in [1.807, 2.05) is 42.5 Å². The number of hydrogen-bond donors (Lipinski definition) is 0. The third-order valence-corrected chi connectivity index (χ3v) is 6.77. The van der Waals surface area contributed by atoms with Gasteiger partial charge in [0.25, 0.3) is 5.43 Å². The van der Waals surface area contributed by atoms with Gasteiger partial charge in [-0.25, -0.2) is 0 Å². The van der Waals surface area contributed by atoms with Gasteiger partial charge in [0.15, 0.2) is 0 Å². The minimum atomic E-state index is -0.315. The van der Waals surface area contributed by atoms with Gasteiger partial charge in [-0.1, -0.05) is 68.4 Å². The van der Waals surface area contributed by atoms with E-state index in [4.69, 9.17) is 0 Å². The lowest BCUT2D eigenvalue weighted by atomic mass is 9.82. The zero-order valence-corrected chi connectivity index (χ0v) is 18.8. The molecule has 0 radical (unpaired) electrons. The molecule has 0 saturated heterocycles. The second kappa shape index (κ2) is 7.20. The Morgan fingerprint density at radius 3 is 2.38 bits per heavy atom. The van der Waals surface area contributed by atoms with Crippen molar-refractivity contribution in [3.63, 3.8) is 0 Å². The SMILES string of the molecule is CCN1C(=Cc2c([O-])c(=[N+](C)c3ccccc3)c2=O)C(C)(C)c2ccc3ccccc3c21. The van der Waals surface area contributed by atoms with Crippen molar-refractivity contribution in [1.82, 2.24) is 4.58 Å². The molecule has 0 fully saturated rings. The van der Waals surface area contributed by atoms with Crippen LogP contribution in [0.15, 0.2) is 77.2 Å². The van der Waals surface area contributed by atoms with Crippen LogP contribution in [0.4, 0.5) is 11.4 Å². The molecule has 5 rings (SSSR count). The molecule has 0 spiro atoms. The highest BCUT2D eigenvalue weighted by molar-refractivity contribution is 6.00. The summed E-state index contributed by atoms with van der Waals surface area (Å²) in [5.74, 6) is -0.193. The van der Waals surface area contributed by atoms with Gasteiger partial charge in [-0.15, -0.1) is 0 Å². The highest BCUT2D eigenvalue weighted by atomic mass is 16.3. The van der Waals surface area contributed by atoms with Crippen LogP contribution < -0.4 is 25.4 Å². The average molecular weight is 423 g/mol. The van der Waals surface area contributed by atoms with Gasteiger partial charge in [0, 0.05) is 40.7 Å². The summed E-state index contributed by atoms with van der Waals surface area (Å²) in [5, 5.41) is 15.7. The van der Waals surface area contributed by atoms with Crippen LogP contribution >= 0.6 is 0 Å². The summed E-state index contributed by atoms with van der Waals surface area (Å²) in [4.78, 5) is 15.3. The molecule has 0 saturated carbocycles. The third kappa shape index (κ3) is 2.76. The van der Waals surface area contributed by atoms with Crippen molar-refractivity contribution in [2.75, 3.05) is 18.5 Å². The summed E-state index contributed by atoms with van der Waals surface area (Å²) in [5.41, 5.74) is 3.96. The van der Waals surface area contributed by atoms with Crippen molar-refractivity contribution < 1.29 is 5.11 Å². The van der Waals surface area contributed by atoms with Gasteiger partial charge in [0.2, 0.25) is 11.0 Å². The minimum absolute atomic E-state index is 0.193. The first-order valence-corrected chi connectivity index (χ1v) is 11.0. The maximum Gasteiger partial charge on any atom is 0.255 e.